The number of amides is 4. The zero-order valence-corrected chi connectivity index (χ0v) is 23.0. The molecule has 4 amide bonds. The van der Waals surface area contributed by atoms with Crippen molar-refractivity contribution in [3.05, 3.63) is 29.8 Å². The number of carbonyl (C=O) groups is 5. The van der Waals surface area contributed by atoms with Gasteiger partial charge in [-0.15, -0.1) is 0 Å². The maximum atomic E-state index is 13.1. The lowest BCUT2D eigenvalue weighted by atomic mass is 10.0. The molecule has 0 fully saturated rings. The molecule has 0 heterocycles. The van der Waals surface area contributed by atoms with Crippen molar-refractivity contribution in [2.45, 2.75) is 56.3 Å². The van der Waals surface area contributed by atoms with Crippen molar-refractivity contribution < 1.29 is 34.2 Å². The van der Waals surface area contributed by atoms with Gasteiger partial charge >= 0.3 is 5.97 Å². The van der Waals surface area contributed by atoms with Crippen LogP contribution in [-0.4, -0.2) is 88.5 Å². The van der Waals surface area contributed by atoms with Crippen LogP contribution in [0.2, 0.25) is 0 Å². The molecule has 40 heavy (non-hydrogen) atoms. The first kappa shape index (κ1) is 34.0. The van der Waals surface area contributed by atoms with E-state index >= 15 is 0 Å². The average molecular weight is 583 g/mol. The number of guanidine groups is 1. The molecule has 0 aromatic heterocycles. The van der Waals surface area contributed by atoms with Gasteiger partial charge in [-0.3, -0.25) is 24.2 Å². The first-order valence-electron chi connectivity index (χ1n) is 12.3. The van der Waals surface area contributed by atoms with E-state index in [0.29, 0.717) is 17.7 Å². The Balaban J connectivity index is 2.94. The molecular formula is C24H38N8O7S. The van der Waals surface area contributed by atoms with Gasteiger partial charge in [0.25, 0.3) is 0 Å². The SMILES string of the molecule is CSCCC(NC(=O)C(N)CCCN=C(N)N)C(=O)NC(CC(N)=O)C(=O)NC(Cc1ccc(O)cc1)C(=O)O. The molecule has 1 rings (SSSR count). The highest BCUT2D eigenvalue weighted by Crippen LogP contribution is 2.12. The summed E-state index contributed by atoms with van der Waals surface area (Å²) in [5, 5.41) is 26.3. The topological polar surface area (TPSA) is 278 Å². The van der Waals surface area contributed by atoms with Gasteiger partial charge in [-0.05, 0) is 49.0 Å². The minimum Gasteiger partial charge on any atom is -0.508 e. The van der Waals surface area contributed by atoms with E-state index in [-0.39, 0.29) is 37.5 Å². The number of aromatic hydroxyl groups is 1. The van der Waals surface area contributed by atoms with Crippen LogP contribution in [0.1, 0.15) is 31.2 Å². The van der Waals surface area contributed by atoms with E-state index in [9.17, 15) is 34.2 Å². The number of aliphatic imine (C=N–C) groups is 1. The predicted octanol–water partition coefficient (Wildman–Crippen LogP) is -2.52. The van der Waals surface area contributed by atoms with Gasteiger partial charge in [-0.25, -0.2) is 4.79 Å². The first-order chi connectivity index (χ1) is 18.8. The van der Waals surface area contributed by atoms with Crippen LogP contribution in [-0.2, 0) is 30.4 Å². The number of nitrogens with one attached hydrogen (secondary N) is 3. The second-order valence-corrected chi connectivity index (χ2v) is 9.89. The summed E-state index contributed by atoms with van der Waals surface area (Å²) >= 11 is 1.42. The quantitative estimate of drug-likeness (QED) is 0.0495. The molecule has 1 aromatic carbocycles. The fourth-order valence-electron chi connectivity index (χ4n) is 3.46. The Kier molecular flexibility index (Phi) is 14.9. The van der Waals surface area contributed by atoms with Crippen LogP contribution in [0.15, 0.2) is 29.3 Å². The average Bonchev–Trinajstić information content (AvgIpc) is 2.88. The Hall–Kier alpha value is -4.05. The molecule has 0 saturated carbocycles. The number of carbonyl (C=O) groups excluding carboxylic acids is 4. The Morgan fingerprint density at radius 3 is 2.02 bits per heavy atom. The summed E-state index contributed by atoms with van der Waals surface area (Å²) in [6.45, 7) is 0.272. The van der Waals surface area contributed by atoms with Gasteiger partial charge in [0.2, 0.25) is 23.6 Å². The van der Waals surface area contributed by atoms with Gasteiger partial charge in [0, 0.05) is 13.0 Å². The highest BCUT2D eigenvalue weighted by Gasteiger charge is 2.31. The molecule has 16 heteroatoms. The molecular weight excluding hydrogens is 544 g/mol. The lowest BCUT2D eigenvalue weighted by Gasteiger charge is -2.24. The van der Waals surface area contributed by atoms with Gasteiger partial charge in [-0.1, -0.05) is 12.1 Å². The van der Waals surface area contributed by atoms with E-state index in [0.717, 1.165) is 0 Å². The van der Waals surface area contributed by atoms with Crippen molar-refractivity contribution >= 4 is 47.3 Å². The highest BCUT2D eigenvalue weighted by molar-refractivity contribution is 7.98. The van der Waals surface area contributed by atoms with Crippen molar-refractivity contribution in [3.8, 4) is 5.75 Å². The zero-order valence-electron chi connectivity index (χ0n) is 22.2. The summed E-state index contributed by atoms with van der Waals surface area (Å²) in [4.78, 5) is 65.9. The number of rotatable bonds is 18. The molecule has 0 aliphatic heterocycles. The van der Waals surface area contributed by atoms with Gasteiger partial charge < -0.3 is 49.1 Å². The number of thioether (sulfide) groups is 1. The van der Waals surface area contributed by atoms with Crippen molar-refractivity contribution in [2.75, 3.05) is 18.6 Å². The molecule has 0 radical (unpaired) electrons. The van der Waals surface area contributed by atoms with E-state index in [2.05, 4.69) is 20.9 Å². The van der Waals surface area contributed by atoms with Crippen LogP contribution >= 0.6 is 11.8 Å². The third kappa shape index (κ3) is 13.1. The molecule has 0 aliphatic carbocycles. The fraction of sp³-hybridized carbons (Fsp3) is 0.500. The van der Waals surface area contributed by atoms with E-state index in [1.807, 2.05) is 0 Å². The van der Waals surface area contributed by atoms with Crippen LogP contribution in [0.3, 0.4) is 0 Å². The third-order valence-electron chi connectivity index (χ3n) is 5.58. The largest absolute Gasteiger partial charge is 0.508 e. The Morgan fingerprint density at radius 1 is 0.900 bits per heavy atom. The number of hydrogen-bond donors (Lipinski definition) is 9. The Labute approximate surface area is 235 Å². The van der Waals surface area contributed by atoms with Crippen LogP contribution in [0, 0.1) is 0 Å². The van der Waals surface area contributed by atoms with Gasteiger partial charge in [0.05, 0.1) is 12.5 Å². The summed E-state index contributed by atoms with van der Waals surface area (Å²) in [7, 11) is 0. The zero-order chi connectivity index (χ0) is 30.2. The minimum atomic E-state index is -1.51. The summed E-state index contributed by atoms with van der Waals surface area (Å²) in [6.07, 6.45) is 1.90. The smallest absolute Gasteiger partial charge is 0.326 e. The predicted molar refractivity (Wildman–Crippen MR) is 150 cm³/mol. The summed E-state index contributed by atoms with van der Waals surface area (Å²) in [5.41, 5.74) is 22.2. The Bertz CT molecular complexity index is 1050. The van der Waals surface area contributed by atoms with Crippen LogP contribution < -0.4 is 38.9 Å². The van der Waals surface area contributed by atoms with Gasteiger partial charge in [0.15, 0.2) is 5.96 Å². The summed E-state index contributed by atoms with van der Waals surface area (Å²) < 4.78 is 0. The second kappa shape index (κ2) is 17.5. The summed E-state index contributed by atoms with van der Waals surface area (Å²) in [5.74, 6) is -4.25. The maximum absolute atomic E-state index is 13.1. The van der Waals surface area contributed by atoms with E-state index in [4.69, 9.17) is 22.9 Å². The van der Waals surface area contributed by atoms with Crippen LogP contribution in [0.5, 0.6) is 5.75 Å². The van der Waals surface area contributed by atoms with Crippen molar-refractivity contribution in [1.29, 1.82) is 0 Å². The lowest BCUT2D eigenvalue weighted by molar-refractivity contribution is -0.142. The molecule has 4 unspecified atom stereocenters. The molecule has 0 saturated heterocycles. The van der Waals surface area contributed by atoms with Gasteiger partial charge in [-0.2, -0.15) is 11.8 Å². The molecule has 13 N–H and O–H groups in total. The van der Waals surface area contributed by atoms with E-state index < -0.39 is 60.2 Å². The number of aliphatic carboxylic acids is 1. The number of phenolic OH excluding ortho intramolecular Hbond substituents is 1. The first-order valence-corrected chi connectivity index (χ1v) is 13.7. The number of nitrogens with zero attached hydrogens (tertiary/aromatic N) is 1. The molecule has 1 aromatic rings. The number of phenols is 1. The number of carboxylic acids is 1. The van der Waals surface area contributed by atoms with Crippen LogP contribution in [0.4, 0.5) is 0 Å². The van der Waals surface area contributed by atoms with Crippen LogP contribution in [0.25, 0.3) is 0 Å². The molecule has 0 aliphatic rings. The fourth-order valence-corrected chi connectivity index (χ4v) is 3.93. The van der Waals surface area contributed by atoms with E-state index in [1.165, 1.54) is 36.0 Å². The molecule has 0 bridgehead atoms. The number of nitrogens with two attached hydrogens (primary N) is 4. The molecule has 0 spiro atoms. The Morgan fingerprint density at radius 2 is 1.48 bits per heavy atom. The van der Waals surface area contributed by atoms with E-state index in [1.54, 1.807) is 6.26 Å². The lowest BCUT2D eigenvalue weighted by Crippen LogP contribution is -2.58. The maximum Gasteiger partial charge on any atom is 0.326 e. The van der Waals surface area contributed by atoms with Crippen molar-refractivity contribution in [3.63, 3.8) is 0 Å². The number of hydrogen-bond acceptors (Lipinski definition) is 9. The highest BCUT2D eigenvalue weighted by atomic mass is 32.2. The molecule has 222 valence electrons. The van der Waals surface area contributed by atoms with Crippen molar-refractivity contribution in [2.24, 2.45) is 27.9 Å². The minimum absolute atomic E-state index is 0.0149. The number of benzene rings is 1. The monoisotopic (exact) mass is 582 g/mol. The number of primary amides is 1. The third-order valence-corrected chi connectivity index (χ3v) is 6.22. The molecule has 15 nitrogen and oxygen atoms in total. The molecule has 4 atom stereocenters. The number of carboxylic acid groups (broad SMARTS) is 1. The standard InChI is InChI=1S/C24H38N8O7S/c1-40-10-8-16(30-20(35)15(25)3-2-9-29-24(27)28)21(36)31-17(12-19(26)34)22(37)32-18(23(38)39)11-13-4-6-14(33)7-5-13/h4-7,15-18,33H,2-3,8-12,25H2,1H3,(H2,26,34)(H,30,35)(H,31,36)(H,32,37)(H,38,39)(H4,27,28,29). The normalized spacial score (nSPS) is 13.7. The van der Waals surface area contributed by atoms with Crippen molar-refractivity contribution in [1.82, 2.24) is 16.0 Å². The van der Waals surface area contributed by atoms with Gasteiger partial charge in [0.1, 0.15) is 23.9 Å². The summed E-state index contributed by atoms with van der Waals surface area (Å²) in [6, 6.07) is 0.742. The second-order valence-electron chi connectivity index (χ2n) is 8.90.